The number of aromatic amines is 1. The minimum atomic E-state index is -4.32. The van der Waals surface area contributed by atoms with Crippen molar-refractivity contribution >= 4 is 16.9 Å². The van der Waals surface area contributed by atoms with Crippen molar-refractivity contribution in [3.05, 3.63) is 65.0 Å². The Morgan fingerprint density at radius 3 is 2.38 bits per heavy atom. The van der Waals surface area contributed by atoms with E-state index in [2.05, 4.69) is 32.3 Å². The molecule has 5 rings (SSSR count). The quantitative estimate of drug-likeness (QED) is 0.604. The van der Waals surface area contributed by atoms with Gasteiger partial charge in [-0.1, -0.05) is 18.2 Å². The first kappa shape index (κ1) is 22.9. The summed E-state index contributed by atoms with van der Waals surface area (Å²) in [5.74, 6) is 0.765. The van der Waals surface area contributed by atoms with E-state index in [4.69, 9.17) is 0 Å². The highest BCUT2D eigenvalue weighted by molar-refractivity contribution is 5.94. The van der Waals surface area contributed by atoms with Crippen LogP contribution in [0, 0.1) is 0 Å². The van der Waals surface area contributed by atoms with Crippen LogP contribution in [0.2, 0.25) is 0 Å². The summed E-state index contributed by atoms with van der Waals surface area (Å²) in [5, 5.41) is 3.38. The monoisotopic (exact) mass is 471 g/mol. The van der Waals surface area contributed by atoms with Crippen molar-refractivity contribution in [2.45, 2.75) is 31.5 Å². The van der Waals surface area contributed by atoms with E-state index >= 15 is 0 Å². The van der Waals surface area contributed by atoms with Gasteiger partial charge in [0, 0.05) is 32.7 Å². The van der Waals surface area contributed by atoms with Gasteiger partial charge in [-0.2, -0.15) is 13.2 Å². The molecular formula is C25H28F3N5O. The molecule has 0 atom stereocenters. The van der Waals surface area contributed by atoms with Crippen LogP contribution in [0.15, 0.2) is 42.5 Å². The Kier molecular flexibility index (Phi) is 6.31. The molecular weight excluding hydrogens is 443 g/mol. The Bertz CT molecular complexity index is 1140. The van der Waals surface area contributed by atoms with E-state index in [0.29, 0.717) is 44.5 Å². The number of carbonyl (C=O) groups is 1. The van der Waals surface area contributed by atoms with Crippen molar-refractivity contribution < 1.29 is 18.0 Å². The summed E-state index contributed by atoms with van der Waals surface area (Å²) in [7, 11) is 0. The summed E-state index contributed by atoms with van der Waals surface area (Å²) in [4.78, 5) is 24.7. The number of rotatable bonds is 4. The van der Waals surface area contributed by atoms with Gasteiger partial charge in [0.25, 0.3) is 5.91 Å². The molecule has 0 spiro atoms. The number of nitrogens with one attached hydrogen (secondary N) is 2. The third-order valence-electron chi connectivity index (χ3n) is 6.87. The van der Waals surface area contributed by atoms with Crippen LogP contribution in [0.25, 0.3) is 11.0 Å². The molecule has 2 N–H and O–H groups in total. The fourth-order valence-electron chi connectivity index (χ4n) is 4.85. The molecule has 2 aliphatic rings. The topological polar surface area (TPSA) is 64.3 Å². The van der Waals surface area contributed by atoms with E-state index in [1.54, 1.807) is 4.90 Å². The number of carbonyl (C=O) groups excluding carboxylic acids is 1. The number of amides is 1. The Balaban J connectivity index is 1.19. The molecule has 180 valence electrons. The highest BCUT2D eigenvalue weighted by Crippen LogP contribution is 2.30. The number of nitrogens with zero attached hydrogens (tertiary/aromatic N) is 3. The second-order valence-electron chi connectivity index (χ2n) is 9.15. The van der Waals surface area contributed by atoms with Crippen LogP contribution in [0.1, 0.15) is 46.1 Å². The third-order valence-corrected chi connectivity index (χ3v) is 6.87. The normalized spacial score (nSPS) is 18.5. The largest absolute Gasteiger partial charge is 0.416 e. The van der Waals surface area contributed by atoms with Crippen LogP contribution < -0.4 is 5.32 Å². The van der Waals surface area contributed by atoms with Crippen molar-refractivity contribution in [1.82, 2.24) is 25.1 Å². The lowest BCUT2D eigenvalue weighted by Gasteiger charge is -2.34. The first-order valence-electron chi connectivity index (χ1n) is 11.7. The lowest BCUT2D eigenvalue weighted by atomic mass is 9.90. The molecule has 3 heterocycles. The molecule has 0 aliphatic carbocycles. The molecule has 6 nitrogen and oxygen atoms in total. The highest BCUT2D eigenvalue weighted by Gasteiger charge is 2.30. The van der Waals surface area contributed by atoms with Crippen LogP contribution in [0.3, 0.4) is 0 Å². The van der Waals surface area contributed by atoms with Gasteiger partial charge in [0.1, 0.15) is 0 Å². The number of alkyl halides is 3. The molecule has 2 saturated heterocycles. The molecule has 3 aromatic rings. The number of hydrogen-bond donors (Lipinski definition) is 2. The Labute approximate surface area is 196 Å². The second-order valence-corrected chi connectivity index (χ2v) is 9.15. The summed E-state index contributed by atoms with van der Waals surface area (Å²) < 4.78 is 38.3. The van der Waals surface area contributed by atoms with Gasteiger partial charge in [-0.05, 0) is 67.2 Å². The van der Waals surface area contributed by atoms with Crippen molar-refractivity contribution in [2.75, 3.05) is 39.3 Å². The third kappa shape index (κ3) is 4.95. The Morgan fingerprint density at radius 2 is 1.71 bits per heavy atom. The highest BCUT2D eigenvalue weighted by atomic mass is 19.4. The number of fused-ring (bicyclic) bond motifs is 1. The molecule has 0 saturated carbocycles. The fraction of sp³-hybridized carbons (Fsp3) is 0.440. The number of piperidine rings is 1. The van der Waals surface area contributed by atoms with Gasteiger partial charge in [0.15, 0.2) is 5.82 Å². The van der Waals surface area contributed by atoms with Gasteiger partial charge < -0.3 is 15.2 Å². The summed E-state index contributed by atoms with van der Waals surface area (Å²) in [5.41, 5.74) is 3.15. The van der Waals surface area contributed by atoms with E-state index < -0.39 is 11.7 Å². The van der Waals surface area contributed by atoms with Crippen molar-refractivity contribution in [2.24, 2.45) is 0 Å². The molecule has 2 aromatic carbocycles. The van der Waals surface area contributed by atoms with Crippen molar-refractivity contribution in [3.8, 4) is 0 Å². The van der Waals surface area contributed by atoms with Gasteiger partial charge in [0.2, 0.25) is 0 Å². The fourth-order valence-corrected chi connectivity index (χ4v) is 4.85. The Hall–Kier alpha value is -2.91. The molecule has 0 unspecified atom stereocenters. The number of aromatic nitrogens is 2. The van der Waals surface area contributed by atoms with Gasteiger partial charge in [-0.25, -0.2) is 4.98 Å². The lowest BCUT2D eigenvalue weighted by Crippen LogP contribution is -2.48. The molecule has 0 bridgehead atoms. The van der Waals surface area contributed by atoms with Crippen molar-refractivity contribution in [3.63, 3.8) is 0 Å². The van der Waals surface area contributed by atoms with Crippen LogP contribution >= 0.6 is 0 Å². The number of piperazine rings is 1. The van der Waals surface area contributed by atoms with Gasteiger partial charge in [-0.15, -0.1) is 0 Å². The lowest BCUT2D eigenvalue weighted by molar-refractivity contribution is -0.137. The molecule has 0 radical (unpaired) electrons. The van der Waals surface area contributed by atoms with Gasteiger partial charge >= 0.3 is 6.18 Å². The maximum Gasteiger partial charge on any atom is 0.416 e. The van der Waals surface area contributed by atoms with E-state index in [0.717, 1.165) is 54.7 Å². The maximum atomic E-state index is 13.1. The molecule has 2 aliphatic heterocycles. The smallest absolute Gasteiger partial charge is 0.334 e. The van der Waals surface area contributed by atoms with Crippen LogP contribution in [-0.4, -0.2) is 64.9 Å². The van der Waals surface area contributed by atoms with E-state index in [9.17, 15) is 18.0 Å². The summed E-state index contributed by atoms with van der Waals surface area (Å²) >= 11 is 0. The van der Waals surface area contributed by atoms with Crippen LogP contribution in [0.4, 0.5) is 13.2 Å². The number of imidazole rings is 1. The predicted molar refractivity (Wildman–Crippen MR) is 124 cm³/mol. The second kappa shape index (κ2) is 9.38. The van der Waals surface area contributed by atoms with E-state index in [1.165, 1.54) is 17.7 Å². The predicted octanol–water partition coefficient (Wildman–Crippen LogP) is 4.01. The summed E-state index contributed by atoms with van der Waals surface area (Å²) in [6.07, 6.45) is -2.10. The SMILES string of the molecule is O=C(c1nc2cc(C3CCNCC3)ccc2[nH]1)N1CCN(Cc2ccc(C(F)(F)F)cc2)CC1. The van der Waals surface area contributed by atoms with E-state index in [-0.39, 0.29) is 5.91 Å². The average molecular weight is 472 g/mol. The Morgan fingerprint density at radius 1 is 1.00 bits per heavy atom. The summed E-state index contributed by atoms with van der Waals surface area (Å²) in [6, 6.07) is 11.5. The summed E-state index contributed by atoms with van der Waals surface area (Å²) in [6.45, 7) is 5.04. The number of benzene rings is 2. The minimum Gasteiger partial charge on any atom is -0.334 e. The number of H-pyrrole nitrogens is 1. The molecule has 2 fully saturated rings. The van der Waals surface area contributed by atoms with Gasteiger partial charge in [0.05, 0.1) is 16.6 Å². The van der Waals surface area contributed by atoms with Crippen LogP contribution in [-0.2, 0) is 12.7 Å². The van der Waals surface area contributed by atoms with Crippen molar-refractivity contribution in [1.29, 1.82) is 0 Å². The zero-order valence-corrected chi connectivity index (χ0v) is 18.9. The zero-order valence-electron chi connectivity index (χ0n) is 18.9. The van der Waals surface area contributed by atoms with E-state index in [1.807, 2.05) is 6.07 Å². The first-order valence-corrected chi connectivity index (χ1v) is 11.7. The molecule has 9 heteroatoms. The number of halogens is 3. The van der Waals surface area contributed by atoms with Gasteiger partial charge in [-0.3, -0.25) is 9.69 Å². The minimum absolute atomic E-state index is 0.117. The molecule has 1 amide bonds. The number of hydrogen-bond acceptors (Lipinski definition) is 4. The molecule has 1 aromatic heterocycles. The average Bonchev–Trinajstić information content (AvgIpc) is 3.28. The zero-order chi connectivity index (χ0) is 23.7. The molecule has 34 heavy (non-hydrogen) atoms. The standard InChI is InChI=1S/C25H28F3N5O/c26-25(27,28)20-4-1-17(2-5-20)16-32-11-13-33(14-12-32)24(34)23-30-21-6-3-19(15-22(21)31-23)18-7-9-29-10-8-18/h1-6,15,18,29H,7-14,16H2,(H,30,31). The van der Waals surface area contributed by atoms with Crippen LogP contribution in [0.5, 0.6) is 0 Å². The first-order chi connectivity index (χ1) is 16.4. The maximum absolute atomic E-state index is 13.1.